The van der Waals surface area contributed by atoms with Gasteiger partial charge in [0.2, 0.25) is 0 Å². The standard InChI is InChI=1S/C15H15BrFNO/c1-10-3-6-14(11(7-10)9-18-2)19-15-8-12(16)4-5-13(15)17/h3-8,18H,9H2,1-2H3. The van der Waals surface area contributed by atoms with Crippen molar-refractivity contribution in [2.75, 3.05) is 7.05 Å². The van der Waals surface area contributed by atoms with Crippen LogP contribution in [0, 0.1) is 12.7 Å². The van der Waals surface area contributed by atoms with Gasteiger partial charge in [-0.15, -0.1) is 0 Å². The van der Waals surface area contributed by atoms with Crippen LogP contribution in [-0.2, 0) is 6.54 Å². The fourth-order valence-electron chi connectivity index (χ4n) is 1.81. The Balaban J connectivity index is 2.34. The molecule has 2 nitrogen and oxygen atoms in total. The van der Waals surface area contributed by atoms with Crippen LogP contribution in [0.15, 0.2) is 40.9 Å². The summed E-state index contributed by atoms with van der Waals surface area (Å²) < 4.78 is 20.2. The summed E-state index contributed by atoms with van der Waals surface area (Å²) >= 11 is 3.31. The minimum atomic E-state index is -0.376. The lowest BCUT2D eigenvalue weighted by Gasteiger charge is -2.12. The first kappa shape index (κ1) is 14.0. The van der Waals surface area contributed by atoms with Crippen molar-refractivity contribution in [1.82, 2.24) is 5.32 Å². The molecule has 0 aromatic heterocycles. The molecule has 0 fully saturated rings. The van der Waals surface area contributed by atoms with Crippen LogP contribution in [0.4, 0.5) is 4.39 Å². The van der Waals surface area contributed by atoms with Gasteiger partial charge < -0.3 is 10.1 Å². The topological polar surface area (TPSA) is 21.3 Å². The zero-order valence-electron chi connectivity index (χ0n) is 10.8. The largest absolute Gasteiger partial charge is 0.454 e. The Kier molecular flexibility index (Phi) is 4.56. The van der Waals surface area contributed by atoms with Crippen molar-refractivity contribution >= 4 is 15.9 Å². The van der Waals surface area contributed by atoms with Crippen LogP contribution in [0.3, 0.4) is 0 Å². The van der Waals surface area contributed by atoms with Crippen LogP contribution < -0.4 is 10.1 Å². The summed E-state index contributed by atoms with van der Waals surface area (Å²) in [6.45, 7) is 2.69. The number of hydrogen-bond donors (Lipinski definition) is 1. The Morgan fingerprint density at radius 2 is 1.95 bits per heavy atom. The average Bonchev–Trinajstić information content (AvgIpc) is 2.37. The van der Waals surface area contributed by atoms with E-state index in [1.54, 1.807) is 12.1 Å². The van der Waals surface area contributed by atoms with Crippen LogP contribution in [0.1, 0.15) is 11.1 Å². The highest BCUT2D eigenvalue weighted by atomic mass is 79.9. The molecule has 0 radical (unpaired) electrons. The van der Waals surface area contributed by atoms with Crippen LogP contribution >= 0.6 is 15.9 Å². The normalized spacial score (nSPS) is 10.5. The second kappa shape index (κ2) is 6.17. The highest BCUT2D eigenvalue weighted by molar-refractivity contribution is 9.10. The smallest absolute Gasteiger partial charge is 0.165 e. The van der Waals surface area contributed by atoms with Crippen LogP contribution in [0.2, 0.25) is 0 Å². The maximum absolute atomic E-state index is 13.7. The van der Waals surface area contributed by atoms with E-state index in [1.165, 1.54) is 6.07 Å². The molecule has 0 bridgehead atoms. The minimum absolute atomic E-state index is 0.218. The van der Waals surface area contributed by atoms with Crippen molar-refractivity contribution in [2.24, 2.45) is 0 Å². The summed E-state index contributed by atoms with van der Waals surface area (Å²) in [5.74, 6) is 0.506. The van der Waals surface area contributed by atoms with E-state index in [-0.39, 0.29) is 11.6 Å². The molecule has 100 valence electrons. The zero-order chi connectivity index (χ0) is 13.8. The van der Waals surface area contributed by atoms with Crippen LogP contribution in [0.25, 0.3) is 0 Å². The number of rotatable bonds is 4. The van der Waals surface area contributed by atoms with Crippen molar-refractivity contribution < 1.29 is 9.13 Å². The number of hydrogen-bond acceptors (Lipinski definition) is 2. The second-order valence-electron chi connectivity index (χ2n) is 4.32. The minimum Gasteiger partial charge on any atom is -0.454 e. The molecule has 2 aromatic rings. The van der Waals surface area contributed by atoms with E-state index in [0.717, 1.165) is 15.6 Å². The number of aryl methyl sites for hydroxylation is 1. The third-order valence-electron chi connectivity index (χ3n) is 2.70. The summed E-state index contributed by atoms with van der Waals surface area (Å²) in [5.41, 5.74) is 2.15. The predicted octanol–water partition coefficient (Wildman–Crippen LogP) is 4.41. The summed E-state index contributed by atoms with van der Waals surface area (Å²) in [6, 6.07) is 10.5. The number of halogens is 2. The van der Waals surface area contributed by atoms with E-state index < -0.39 is 0 Å². The molecule has 19 heavy (non-hydrogen) atoms. The van der Waals surface area contributed by atoms with Gasteiger partial charge in [0, 0.05) is 16.6 Å². The summed E-state index contributed by atoms with van der Waals surface area (Å²) in [6.07, 6.45) is 0. The van der Waals surface area contributed by atoms with E-state index in [1.807, 2.05) is 32.2 Å². The van der Waals surface area contributed by atoms with Crippen molar-refractivity contribution in [2.45, 2.75) is 13.5 Å². The molecule has 0 amide bonds. The van der Waals surface area contributed by atoms with Gasteiger partial charge in [0.25, 0.3) is 0 Å². The molecule has 4 heteroatoms. The molecule has 0 atom stereocenters. The lowest BCUT2D eigenvalue weighted by atomic mass is 10.1. The molecular weight excluding hydrogens is 309 g/mol. The van der Waals surface area contributed by atoms with Gasteiger partial charge in [-0.3, -0.25) is 0 Å². The Hall–Kier alpha value is -1.39. The highest BCUT2D eigenvalue weighted by Gasteiger charge is 2.09. The summed E-state index contributed by atoms with van der Waals surface area (Å²) in [4.78, 5) is 0. The van der Waals surface area contributed by atoms with Crippen molar-refractivity contribution in [1.29, 1.82) is 0 Å². The first-order valence-corrected chi connectivity index (χ1v) is 6.76. The quantitative estimate of drug-likeness (QED) is 0.899. The van der Waals surface area contributed by atoms with Gasteiger partial charge in [-0.05, 0) is 38.2 Å². The third kappa shape index (κ3) is 3.55. The molecular formula is C15H15BrFNO. The van der Waals surface area contributed by atoms with E-state index in [2.05, 4.69) is 21.2 Å². The number of nitrogens with one attached hydrogen (secondary N) is 1. The fourth-order valence-corrected chi connectivity index (χ4v) is 2.15. The SMILES string of the molecule is CNCc1cc(C)ccc1Oc1cc(Br)ccc1F. The van der Waals surface area contributed by atoms with Gasteiger partial charge in [0.1, 0.15) is 5.75 Å². The molecule has 0 saturated heterocycles. The van der Waals surface area contributed by atoms with Crippen LogP contribution in [-0.4, -0.2) is 7.05 Å². The van der Waals surface area contributed by atoms with Gasteiger partial charge in [0.05, 0.1) is 0 Å². The Bertz CT molecular complexity index is 586. The van der Waals surface area contributed by atoms with Crippen molar-refractivity contribution in [3.63, 3.8) is 0 Å². The Labute approximate surface area is 120 Å². The Morgan fingerprint density at radius 1 is 1.16 bits per heavy atom. The fraction of sp³-hybridized carbons (Fsp3) is 0.200. The van der Waals surface area contributed by atoms with E-state index in [0.29, 0.717) is 12.3 Å². The molecule has 0 aliphatic carbocycles. The third-order valence-corrected chi connectivity index (χ3v) is 3.19. The average molecular weight is 324 g/mol. The summed E-state index contributed by atoms with van der Waals surface area (Å²) in [5, 5.41) is 3.08. The highest BCUT2D eigenvalue weighted by Crippen LogP contribution is 2.30. The molecule has 1 N–H and O–H groups in total. The number of ether oxygens (including phenoxy) is 1. The Morgan fingerprint density at radius 3 is 2.68 bits per heavy atom. The monoisotopic (exact) mass is 323 g/mol. The second-order valence-corrected chi connectivity index (χ2v) is 5.23. The molecule has 0 saturated carbocycles. The first-order valence-electron chi connectivity index (χ1n) is 5.97. The predicted molar refractivity (Wildman–Crippen MR) is 78.1 cm³/mol. The molecule has 0 heterocycles. The van der Waals surface area contributed by atoms with Gasteiger partial charge >= 0.3 is 0 Å². The number of benzene rings is 2. The van der Waals surface area contributed by atoms with Gasteiger partial charge in [-0.1, -0.05) is 33.6 Å². The first-order chi connectivity index (χ1) is 9.10. The molecule has 2 rings (SSSR count). The molecule has 0 spiro atoms. The van der Waals surface area contributed by atoms with Crippen molar-refractivity contribution in [3.05, 3.63) is 57.8 Å². The van der Waals surface area contributed by atoms with E-state index in [4.69, 9.17) is 4.74 Å². The maximum Gasteiger partial charge on any atom is 0.165 e. The van der Waals surface area contributed by atoms with Gasteiger partial charge in [-0.25, -0.2) is 4.39 Å². The molecule has 2 aromatic carbocycles. The van der Waals surface area contributed by atoms with E-state index in [9.17, 15) is 4.39 Å². The lowest BCUT2D eigenvalue weighted by molar-refractivity contribution is 0.436. The maximum atomic E-state index is 13.7. The van der Waals surface area contributed by atoms with Crippen LogP contribution in [0.5, 0.6) is 11.5 Å². The molecule has 0 aliphatic heterocycles. The lowest BCUT2D eigenvalue weighted by Crippen LogP contribution is -2.06. The molecule has 0 unspecified atom stereocenters. The van der Waals surface area contributed by atoms with Gasteiger partial charge in [0.15, 0.2) is 11.6 Å². The zero-order valence-corrected chi connectivity index (χ0v) is 12.4. The summed E-state index contributed by atoms with van der Waals surface area (Å²) in [7, 11) is 1.87. The van der Waals surface area contributed by atoms with Gasteiger partial charge in [-0.2, -0.15) is 0 Å². The van der Waals surface area contributed by atoms with Crippen molar-refractivity contribution in [3.8, 4) is 11.5 Å². The van der Waals surface area contributed by atoms with E-state index >= 15 is 0 Å². The molecule has 0 aliphatic rings.